The minimum absolute atomic E-state index is 0.0879. The van der Waals surface area contributed by atoms with Crippen molar-refractivity contribution in [2.45, 2.75) is 6.42 Å². The smallest absolute Gasteiger partial charge is 0.233 e. The van der Waals surface area contributed by atoms with Gasteiger partial charge in [0.05, 0.1) is 12.3 Å². The Kier molecular flexibility index (Phi) is 4.79. The number of carbonyl (C=O) groups excluding carboxylic acids is 1. The van der Waals surface area contributed by atoms with E-state index in [2.05, 4.69) is 5.32 Å². The van der Waals surface area contributed by atoms with Gasteiger partial charge in [-0.2, -0.15) is 0 Å². The van der Waals surface area contributed by atoms with E-state index in [1.807, 2.05) is 0 Å². The van der Waals surface area contributed by atoms with Crippen LogP contribution in [0.5, 0.6) is 0 Å². The maximum atomic E-state index is 10.5. The maximum Gasteiger partial charge on any atom is 0.233 e. The summed E-state index contributed by atoms with van der Waals surface area (Å²) in [7, 11) is -3.41. The molecule has 72 valence electrons. The highest BCUT2D eigenvalue weighted by Gasteiger charge is 2.02. The Balaban J connectivity index is 3.40. The van der Waals surface area contributed by atoms with Gasteiger partial charge in [-0.15, -0.1) is 0 Å². The fourth-order valence-corrected chi connectivity index (χ4v) is 1.12. The molecule has 0 unspecified atom stereocenters. The summed E-state index contributed by atoms with van der Waals surface area (Å²) < 4.78 is 20.8. The first kappa shape index (κ1) is 11.3. The van der Waals surface area contributed by atoms with Crippen molar-refractivity contribution < 1.29 is 13.2 Å². The zero-order chi connectivity index (χ0) is 9.61. The summed E-state index contributed by atoms with van der Waals surface area (Å²) in [4.78, 5) is 10.5. The predicted molar refractivity (Wildman–Crippen MR) is 44.7 cm³/mol. The molecule has 0 fully saturated rings. The van der Waals surface area contributed by atoms with Crippen LogP contribution >= 0.6 is 0 Å². The van der Waals surface area contributed by atoms with E-state index in [0.29, 0.717) is 6.42 Å². The van der Waals surface area contributed by atoms with Crippen molar-refractivity contribution in [3.05, 3.63) is 0 Å². The van der Waals surface area contributed by atoms with E-state index in [0.717, 1.165) is 0 Å². The molecule has 0 aliphatic carbocycles. The lowest BCUT2D eigenvalue weighted by Crippen LogP contribution is -2.32. The number of sulfonamides is 1. The summed E-state index contributed by atoms with van der Waals surface area (Å²) in [6.45, 7) is 0.196. The molecule has 0 saturated carbocycles. The molecule has 0 heterocycles. The summed E-state index contributed by atoms with van der Waals surface area (Å²) in [5, 5.41) is 7.14. The van der Waals surface area contributed by atoms with Gasteiger partial charge in [0.1, 0.15) is 0 Å². The average molecular weight is 195 g/mol. The zero-order valence-corrected chi connectivity index (χ0v) is 7.43. The Morgan fingerprint density at radius 1 is 1.42 bits per heavy atom. The Bertz CT molecular complexity index is 236. The number of nitrogens with two attached hydrogens (primary N) is 2. The van der Waals surface area contributed by atoms with Gasteiger partial charge < -0.3 is 11.1 Å². The lowest BCUT2D eigenvalue weighted by molar-refractivity contribution is -0.119. The molecule has 0 rings (SSSR count). The van der Waals surface area contributed by atoms with Crippen LogP contribution in [0.15, 0.2) is 0 Å². The number of nitrogens with one attached hydrogen (secondary N) is 1. The van der Waals surface area contributed by atoms with Crippen LogP contribution in [0.1, 0.15) is 6.42 Å². The molecule has 1 amide bonds. The second-order valence-electron chi connectivity index (χ2n) is 2.27. The fourth-order valence-electron chi connectivity index (χ4n) is 0.573. The molecule has 6 nitrogen and oxygen atoms in total. The maximum absolute atomic E-state index is 10.5. The van der Waals surface area contributed by atoms with E-state index in [9.17, 15) is 13.2 Å². The molecule has 0 atom stereocenters. The SMILES string of the molecule is NCC(=O)NCCCS(N)(=O)=O. The van der Waals surface area contributed by atoms with Crippen LogP contribution in [0.2, 0.25) is 0 Å². The van der Waals surface area contributed by atoms with Crippen molar-refractivity contribution in [3.63, 3.8) is 0 Å². The first-order valence-corrected chi connectivity index (χ1v) is 5.14. The summed E-state index contributed by atoms with van der Waals surface area (Å²) in [5.41, 5.74) is 4.99. The number of primary sulfonamides is 1. The van der Waals surface area contributed by atoms with Crippen molar-refractivity contribution in [1.29, 1.82) is 0 Å². The number of hydrogen-bond donors (Lipinski definition) is 3. The van der Waals surface area contributed by atoms with Crippen LogP contribution in [0.4, 0.5) is 0 Å². The summed E-state index contributed by atoms with van der Waals surface area (Å²) in [6, 6.07) is 0. The quantitative estimate of drug-likeness (QED) is 0.429. The Morgan fingerprint density at radius 2 is 2.00 bits per heavy atom. The third-order valence-corrected chi connectivity index (χ3v) is 1.97. The monoisotopic (exact) mass is 195 g/mol. The van der Waals surface area contributed by atoms with Gasteiger partial charge in [-0.1, -0.05) is 0 Å². The molecule has 0 bridgehead atoms. The molecular weight excluding hydrogens is 182 g/mol. The molecule has 7 heteroatoms. The van der Waals surface area contributed by atoms with E-state index < -0.39 is 10.0 Å². The second-order valence-corrected chi connectivity index (χ2v) is 4.01. The highest BCUT2D eigenvalue weighted by Crippen LogP contribution is 1.82. The first-order valence-electron chi connectivity index (χ1n) is 3.43. The van der Waals surface area contributed by atoms with Crippen molar-refractivity contribution in [2.24, 2.45) is 10.9 Å². The number of amides is 1. The van der Waals surface area contributed by atoms with E-state index in [4.69, 9.17) is 10.9 Å². The topological polar surface area (TPSA) is 115 Å². The van der Waals surface area contributed by atoms with Crippen LogP contribution in [-0.2, 0) is 14.8 Å². The van der Waals surface area contributed by atoms with Gasteiger partial charge in [-0.25, -0.2) is 13.6 Å². The predicted octanol–water partition coefficient (Wildman–Crippen LogP) is -2.26. The molecule has 0 spiro atoms. The molecule has 0 aromatic rings. The number of carbonyl (C=O) groups is 1. The molecule has 0 aliphatic rings. The third kappa shape index (κ3) is 7.45. The molecule has 0 saturated heterocycles. The Morgan fingerprint density at radius 3 is 2.42 bits per heavy atom. The van der Waals surface area contributed by atoms with Gasteiger partial charge >= 0.3 is 0 Å². The molecule has 5 N–H and O–H groups in total. The van der Waals surface area contributed by atoms with Crippen molar-refractivity contribution in [3.8, 4) is 0 Å². The van der Waals surface area contributed by atoms with Crippen molar-refractivity contribution in [1.82, 2.24) is 5.32 Å². The molecule has 0 radical (unpaired) electrons. The van der Waals surface area contributed by atoms with Gasteiger partial charge in [-0.3, -0.25) is 4.79 Å². The summed E-state index contributed by atoms with van der Waals surface area (Å²) >= 11 is 0. The van der Waals surface area contributed by atoms with Crippen molar-refractivity contribution in [2.75, 3.05) is 18.8 Å². The number of hydrogen-bond acceptors (Lipinski definition) is 4. The second kappa shape index (κ2) is 5.07. The molecule has 0 aromatic carbocycles. The first-order chi connectivity index (χ1) is 5.45. The van der Waals surface area contributed by atoms with E-state index in [1.54, 1.807) is 0 Å². The summed E-state index contributed by atoms with van der Waals surface area (Å²) in [5.74, 6) is -0.429. The molecule has 0 aromatic heterocycles. The standard InChI is InChI=1S/C5H13N3O3S/c6-4-5(9)8-2-1-3-12(7,10)11/h1-4,6H2,(H,8,9)(H2,7,10,11). The third-order valence-electron chi connectivity index (χ3n) is 1.11. The number of rotatable bonds is 5. The van der Waals surface area contributed by atoms with E-state index in [1.165, 1.54) is 0 Å². The normalized spacial score (nSPS) is 11.2. The van der Waals surface area contributed by atoms with Crippen LogP contribution < -0.4 is 16.2 Å². The molecule has 0 aliphatic heterocycles. The lowest BCUT2D eigenvalue weighted by atomic mass is 10.4. The van der Waals surface area contributed by atoms with Gasteiger partial charge in [-0.05, 0) is 6.42 Å². The average Bonchev–Trinajstić information content (AvgIpc) is 1.96. The van der Waals surface area contributed by atoms with Gasteiger partial charge in [0.15, 0.2) is 0 Å². The molecule has 12 heavy (non-hydrogen) atoms. The van der Waals surface area contributed by atoms with Crippen LogP contribution in [0.25, 0.3) is 0 Å². The zero-order valence-electron chi connectivity index (χ0n) is 6.62. The van der Waals surface area contributed by atoms with E-state index >= 15 is 0 Å². The Hall–Kier alpha value is -0.660. The Labute approximate surface area is 71.4 Å². The van der Waals surface area contributed by atoms with Crippen molar-refractivity contribution >= 4 is 15.9 Å². The highest BCUT2D eigenvalue weighted by atomic mass is 32.2. The van der Waals surface area contributed by atoms with Crippen LogP contribution in [0, 0.1) is 0 Å². The van der Waals surface area contributed by atoms with Gasteiger partial charge in [0.25, 0.3) is 0 Å². The minimum Gasteiger partial charge on any atom is -0.355 e. The van der Waals surface area contributed by atoms with Crippen LogP contribution in [-0.4, -0.2) is 33.2 Å². The largest absolute Gasteiger partial charge is 0.355 e. The molecular formula is C5H13N3O3S. The lowest BCUT2D eigenvalue weighted by Gasteiger charge is -2.01. The van der Waals surface area contributed by atoms with Gasteiger partial charge in [0.2, 0.25) is 15.9 Å². The van der Waals surface area contributed by atoms with E-state index in [-0.39, 0.29) is 24.7 Å². The minimum atomic E-state index is -3.41. The fraction of sp³-hybridized carbons (Fsp3) is 0.800. The highest BCUT2D eigenvalue weighted by molar-refractivity contribution is 7.89. The van der Waals surface area contributed by atoms with Gasteiger partial charge in [0, 0.05) is 6.54 Å². The summed E-state index contributed by atoms with van der Waals surface area (Å²) in [6.07, 6.45) is 0.310. The van der Waals surface area contributed by atoms with Crippen LogP contribution in [0.3, 0.4) is 0 Å².